The number of ether oxygens (including phenoxy) is 3. The van der Waals surface area contributed by atoms with Crippen LogP contribution in [0, 0.1) is 0 Å². The van der Waals surface area contributed by atoms with E-state index in [1.807, 2.05) is 20.8 Å². The average molecular weight is 300 g/mol. The van der Waals surface area contributed by atoms with Crippen LogP contribution in [0.4, 0.5) is 4.79 Å². The first kappa shape index (κ1) is 16.5. The highest BCUT2D eigenvalue weighted by Gasteiger charge is 2.49. The predicted octanol–water partition coefficient (Wildman–Crippen LogP) is 1.39. The highest BCUT2D eigenvalue weighted by atomic mass is 16.6. The first-order valence-electron chi connectivity index (χ1n) is 7.81. The van der Waals surface area contributed by atoms with Crippen molar-refractivity contribution in [2.45, 2.75) is 44.8 Å². The molecule has 0 aromatic rings. The monoisotopic (exact) mass is 300 g/mol. The van der Waals surface area contributed by atoms with Crippen LogP contribution in [0.15, 0.2) is 0 Å². The molecule has 0 saturated carbocycles. The fourth-order valence-electron chi connectivity index (χ4n) is 2.63. The molecule has 1 amide bonds. The van der Waals surface area contributed by atoms with Crippen molar-refractivity contribution in [1.29, 1.82) is 0 Å². The van der Waals surface area contributed by atoms with Crippen molar-refractivity contribution in [3.05, 3.63) is 0 Å². The topological polar surface area (TPSA) is 60.0 Å². The Kier molecular flexibility index (Phi) is 5.46. The lowest BCUT2D eigenvalue weighted by molar-refractivity contribution is -0.109. The summed E-state index contributed by atoms with van der Waals surface area (Å²) in [6, 6.07) is 0. The Labute approximate surface area is 127 Å². The second-order valence-electron chi connectivity index (χ2n) is 6.83. The number of rotatable bonds is 0. The highest BCUT2D eigenvalue weighted by Crippen LogP contribution is 2.35. The predicted molar refractivity (Wildman–Crippen MR) is 79.4 cm³/mol. The van der Waals surface area contributed by atoms with Gasteiger partial charge in [-0.2, -0.15) is 0 Å². The third-order valence-electron chi connectivity index (χ3n) is 3.64. The summed E-state index contributed by atoms with van der Waals surface area (Å²) in [6.45, 7) is 11.7. The molecule has 0 aromatic heterocycles. The molecule has 3 saturated heterocycles. The fraction of sp³-hybridized carbons (Fsp3) is 0.933. The zero-order valence-electron chi connectivity index (χ0n) is 13.4. The van der Waals surface area contributed by atoms with Crippen molar-refractivity contribution < 1.29 is 19.0 Å². The van der Waals surface area contributed by atoms with Gasteiger partial charge in [-0.05, 0) is 33.6 Å². The van der Waals surface area contributed by atoms with Crippen molar-refractivity contribution in [1.82, 2.24) is 10.2 Å². The van der Waals surface area contributed by atoms with Gasteiger partial charge in [-0.3, -0.25) is 0 Å². The van der Waals surface area contributed by atoms with Gasteiger partial charge in [0, 0.05) is 19.7 Å². The number of hydrogen-bond donors (Lipinski definition) is 1. The molecular formula is C15H28N2O4. The molecule has 6 nitrogen and oxygen atoms in total. The van der Waals surface area contributed by atoms with Gasteiger partial charge in [0.05, 0.1) is 26.3 Å². The van der Waals surface area contributed by atoms with E-state index < -0.39 is 5.60 Å². The van der Waals surface area contributed by atoms with E-state index in [0.29, 0.717) is 13.1 Å². The van der Waals surface area contributed by atoms with E-state index in [1.54, 1.807) is 4.90 Å². The van der Waals surface area contributed by atoms with Crippen LogP contribution in [0.5, 0.6) is 0 Å². The molecule has 3 aliphatic heterocycles. The molecule has 3 fully saturated rings. The van der Waals surface area contributed by atoms with E-state index >= 15 is 0 Å². The maximum absolute atomic E-state index is 11.6. The third-order valence-corrected chi connectivity index (χ3v) is 3.64. The van der Waals surface area contributed by atoms with Crippen molar-refractivity contribution >= 4 is 6.09 Å². The largest absolute Gasteiger partial charge is 0.444 e. The number of carbonyl (C=O) groups is 1. The van der Waals surface area contributed by atoms with Gasteiger partial charge in [0.15, 0.2) is 0 Å². The second kappa shape index (κ2) is 6.94. The normalized spacial score (nSPS) is 24.0. The number of morpholine rings is 1. The van der Waals surface area contributed by atoms with Gasteiger partial charge in [-0.25, -0.2) is 4.79 Å². The molecule has 122 valence electrons. The van der Waals surface area contributed by atoms with Crippen LogP contribution < -0.4 is 5.32 Å². The minimum atomic E-state index is -0.406. The number of nitrogens with one attached hydrogen (secondary N) is 1. The van der Waals surface area contributed by atoms with Gasteiger partial charge >= 0.3 is 6.09 Å². The van der Waals surface area contributed by atoms with E-state index in [-0.39, 0.29) is 11.7 Å². The average Bonchev–Trinajstić information content (AvgIpc) is 2.87. The Bertz CT molecular complexity index is 325. The number of likely N-dealkylation sites (tertiary alicyclic amines) is 1. The molecule has 3 rings (SSSR count). The smallest absolute Gasteiger partial charge is 0.410 e. The van der Waals surface area contributed by atoms with E-state index in [2.05, 4.69) is 5.32 Å². The Balaban J connectivity index is 0.000000225. The van der Waals surface area contributed by atoms with Crippen LogP contribution in [0.2, 0.25) is 0 Å². The summed E-state index contributed by atoms with van der Waals surface area (Å²) < 4.78 is 15.9. The Morgan fingerprint density at radius 3 is 2.24 bits per heavy atom. The molecule has 1 spiro atoms. The highest BCUT2D eigenvalue weighted by molar-refractivity contribution is 5.69. The lowest BCUT2D eigenvalue weighted by Crippen LogP contribution is -2.63. The molecule has 21 heavy (non-hydrogen) atoms. The number of carbonyl (C=O) groups excluding carboxylic acids is 1. The lowest BCUT2D eigenvalue weighted by Gasteiger charge is -2.46. The summed E-state index contributed by atoms with van der Waals surface area (Å²) in [7, 11) is 0. The van der Waals surface area contributed by atoms with Gasteiger partial charge in [0.2, 0.25) is 0 Å². The quantitative estimate of drug-likeness (QED) is 0.732. The first-order valence-corrected chi connectivity index (χ1v) is 7.81. The molecular weight excluding hydrogens is 272 g/mol. The summed E-state index contributed by atoms with van der Waals surface area (Å²) in [6.07, 6.45) is 1.97. The number of hydrogen-bond acceptors (Lipinski definition) is 5. The number of amides is 1. The minimum absolute atomic E-state index is 0.0308. The van der Waals surface area contributed by atoms with Crippen molar-refractivity contribution in [3.8, 4) is 0 Å². The van der Waals surface area contributed by atoms with Crippen molar-refractivity contribution in [2.75, 3.05) is 46.0 Å². The zero-order valence-corrected chi connectivity index (χ0v) is 13.4. The fourth-order valence-corrected chi connectivity index (χ4v) is 2.63. The summed E-state index contributed by atoms with van der Waals surface area (Å²) in [5.41, 5.74) is -0.437. The van der Waals surface area contributed by atoms with Crippen LogP contribution in [0.1, 0.15) is 33.6 Å². The second-order valence-corrected chi connectivity index (χ2v) is 6.83. The van der Waals surface area contributed by atoms with Gasteiger partial charge in [0.1, 0.15) is 11.2 Å². The van der Waals surface area contributed by atoms with Crippen LogP contribution in [-0.4, -0.2) is 68.2 Å². The first-order chi connectivity index (χ1) is 9.90. The van der Waals surface area contributed by atoms with Crippen LogP contribution in [-0.2, 0) is 14.2 Å². The molecule has 0 aliphatic carbocycles. The molecule has 3 heterocycles. The lowest BCUT2D eigenvalue weighted by atomic mass is 9.91. The van der Waals surface area contributed by atoms with Gasteiger partial charge in [0.25, 0.3) is 0 Å². The van der Waals surface area contributed by atoms with E-state index in [9.17, 15) is 4.79 Å². The SMILES string of the molecule is C1COCCN1.CC(C)(C)OC(=O)N1CC2(CCCO2)C1. The van der Waals surface area contributed by atoms with Crippen LogP contribution in [0.25, 0.3) is 0 Å². The molecule has 6 heteroatoms. The molecule has 0 unspecified atom stereocenters. The molecule has 0 bridgehead atoms. The summed E-state index contributed by atoms with van der Waals surface area (Å²) in [5.74, 6) is 0. The standard InChI is InChI=1S/C11H19NO3.C4H9NO/c1-10(2,3)15-9(13)12-7-11(8-12)5-4-6-14-11;1-3-6-4-2-5-1/h4-8H2,1-3H3;5H,1-4H2. The van der Waals surface area contributed by atoms with Crippen molar-refractivity contribution in [3.63, 3.8) is 0 Å². The van der Waals surface area contributed by atoms with Crippen molar-refractivity contribution in [2.24, 2.45) is 0 Å². The maximum atomic E-state index is 11.6. The summed E-state index contributed by atoms with van der Waals surface area (Å²) in [4.78, 5) is 13.3. The van der Waals surface area contributed by atoms with Crippen LogP contribution >= 0.6 is 0 Å². The Morgan fingerprint density at radius 1 is 1.19 bits per heavy atom. The summed E-state index contributed by atoms with van der Waals surface area (Å²) in [5, 5.41) is 3.16. The molecule has 3 aliphatic rings. The van der Waals surface area contributed by atoms with E-state index in [1.165, 1.54) is 0 Å². The van der Waals surface area contributed by atoms with Gasteiger partial charge in [-0.1, -0.05) is 0 Å². The van der Waals surface area contributed by atoms with E-state index in [0.717, 1.165) is 45.8 Å². The zero-order chi connectivity index (χ0) is 15.3. The molecule has 1 N–H and O–H groups in total. The van der Waals surface area contributed by atoms with E-state index in [4.69, 9.17) is 14.2 Å². The molecule has 0 atom stereocenters. The summed E-state index contributed by atoms with van der Waals surface area (Å²) >= 11 is 0. The minimum Gasteiger partial charge on any atom is -0.444 e. The maximum Gasteiger partial charge on any atom is 0.410 e. The Hall–Kier alpha value is -0.850. The van der Waals surface area contributed by atoms with Gasteiger partial charge in [-0.15, -0.1) is 0 Å². The third kappa shape index (κ3) is 5.13. The Morgan fingerprint density at radius 2 is 1.86 bits per heavy atom. The van der Waals surface area contributed by atoms with Crippen LogP contribution in [0.3, 0.4) is 0 Å². The molecule has 0 radical (unpaired) electrons. The molecule has 0 aromatic carbocycles. The number of nitrogens with zero attached hydrogens (tertiary/aromatic N) is 1. The van der Waals surface area contributed by atoms with Gasteiger partial charge < -0.3 is 24.4 Å².